The normalized spacial score (nSPS) is 42.6. The number of rotatable bonds is 2. The summed E-state index contributed by atoms with van der Waals surface area (Å²) in [5.41, 5.74) is -1.89. The average Bonchev–Trinajstić information content (AvgIpc) is 3.03. The summed E-state index contributed by atoms with van der Waals surface area (Å²) in [6, 6.07) is 0.969. The molecule has 21 heavy (non-hydrogen) atoms. The van der Waals surface area contributed by atoms with E-state index in [9.17, 15) is 0 Å². The lowest BCUT2D eigenvalue weighted by Crippen LogP contribution is -2.41. The molecule has 2 fully saturated rings. The number of aryl methyl sites for hydroxylation is 1. The lowest BCUT2D eigenvalue weighted by molar-refractivity contribution is 0.00578. The van der Waals surface area contributed by atoms with Crippen LogP contribution in [0.3, 0.4) is 0 Å². The van der Waals surface area contributed by atoms with Gasteiger partial charge in [-0.15, -0.1) is 0 Å². The van der Waals surface area contributed by atoms with E-state index in [1.807, 2.05) is 0 Å². The first-order chi connectivity index (χ1) is 14.0. The molecule has 0 unspecified atom stereocenters. The van der Waals surface area contributed by atoms with Crippen molar-refractivity contribution in [2.75, 3.05) is 31.0 Å². The third kappa shape index (κ3) is 2.60. The van der Waals surface area contributed by atoms with Crippen LogP contribution in [0.15, 0.2) is 10.5 Å². The molecular formula is C15H24BNO4. The van der Waals surface area contributed by atoms with E-state index >= 15 is 0 Å². The summed E-state index contributed by atoms with van der Waals surface area (Å²) in [4.78, 5) is 0.0769. The monoisotopic (exact) mass is 304 g/mol. The first-order valence-corrected chi connectivity index (χ1v) is 6.48. The fraction of sp³-hybridized carbons (Fsp3) is 0.733. The molecule has 0 aromatic carbocycles. The Labute approximate surface area is 142 Å². The van der Waals surface area contributed by atoms with Gasteiger partial charge in [0.1, 0.15) is 5.76 Å². The van der Waals surface area contributed by atoms with E-state index in [1.165, 1.54) is 0 Å². The molecule has 116 valence electrons. The summed E-state index contributed by atoms with van der Waals surface area (Å²) in [7, 11) is -1.26. The highest BCUT2D eigenvalue weighted by Crippen LogP contribution is 2.37. The van der Waals surface area contributed by atoms with Gasteiger partial charge in [0.15, 0.2) is 5.88 Å². The second-order valence-corrected chi connectivity index (χ2v) is 5.82. The second kappa shape index (κ2) is 5.04. The zero-order valence-electron chi connectivity index (χ0n) is 23.2. The molecule has 0 N–H and O–H groups in total. The summed E-state index contributed by atoms with van der Waals surface area (Å²) in [5, 5.41) is 0. The van der Waals surface area contributed by atoms with Crippen LogP contribution in [0.25, 0.3) is 0 Å². The summed E-state index contributed by atoms with van der Waals surface area (Å²) >= 11 is 0. The summed E-state index contributed by atoms with van der Waals surface area (Å²) in [5.74, 6) is -1.43. The van der Waals surface area contributed by atoms with Gasteiger partial charge in [0.2, 0.25) is 0 Å². The van der Waals surface area contributed by atoms with E-state index in [0.29, 0.717) is 0 Å². The minimum absolute atomic E-state index is 0.0769. The van der Waals surface area contributed by atoms with Crippen LogP contribution in [-0.4, -0.2) is 44.4 Å². The Morgan fingerprint density at radius 1 is 1.19 bits per heavy atom. The smallest absolute Gasteiger partial charge is 0.446 e. The molecule has 3 heterocycles. The van der Waals surface area contributed by atoms with Crippen molar-refractivity contribution in [2.24, 2.45) is 0 Å². The topological polar surface area (TPSA) is 44.1 Å². The maximum atomic E-state index is 8.15. The van der Waals surface area contributed by atoms with Crippen molar-refractivity contribution >= 4 is 18.5 Å². The number of ether oxygens (including phenoxy) is 1. The largest absolute Gasteiger partial charge is 0.498 e. The Kier molecular flexibility index (Phi) is 1.59. The Morgan fingerprint density at radius 3 is 2.38 bits per heavy atom. The molecular weight excluding hydrogens is 269 g/mol. The maximum Gasteiger partial charge on any atom is 0.498 e. The van der Waals surface area contributed by atoms with Crippen LogP contribution < -0.4 is 10.4 Å². The quantitative estimate of drug-likeness (QED) is 0.779. The Hall–Kier alpha value is -0.975. The Morgan fingerprint density at radius 2 is 1.81 bits per heavy atom. The van der Waals surface area contributed by atoms with Gasteiger partial charge in [0, 0.05) is 28.6 Å². The number of anilines is 1. The zero-order valence-corrected chi connectivity index (χ0v) is 12.2. The fourth-order valence-electron chi connectivity index (χ4n) is 1.95. The number of furan rings is 1. The van der Waals surface area contributed by atoms with Crippen LogP contribution >= 0.6 is 0 Å². The van der Waals surface area contributed by atoms with Gasteiger partial charge in [-0.25, -0.2) is 0 Å². The highest BCUT2D eigenvalue weighted by Gasteiger charge is 2.52. The van der Waals surface area contributed by atoms with Gasteiger partial charge in [-0.3, -0.25) is 0 Å². The SMILES string of the molecule is [2H]C([2H])([2H])c1oc(N2C([2H])([2H])C([2H])([2H])OC([2H])([2H])C2([2H])[2H])cc1B1OC(C)(C)C(C)(C)O1. The molecule has 2 aliphatic rings. The third-order valence-corrected chi connectivity index (χ3v) is 3.89. The van der Waals surface area contributed by atoms with Crippen molar-refractivity contribution < 1.29 is 33.5 Å². The molecule has 0 spiro atoms. The van der Waals surface area contributed by atoms with E-state index in [1.54, 1.807) is 27.7 Å². The number of nitrogens with zero attached hydrogens (tertiary/aromatic N) is 1. The van der Waals surface area contributed by atoms with Crippen molar-refractivity contribution in [3.8, 4) is 0 Å². The van der Waals surface area contributed by atoms with Crippen molar-refractivity contribution in [3.63, 3.8) is 0 Å². The average molecular weight is 304 g/mol. The molecule has 1 aromatic heterocycles. The minimum Gasteiger partial charge on any atom is -0.446 e. The number of hydrogen-bond acceptors (Lipinski definition) is 5. The summed E-state index contributed by atoms with van der Waals surface area (Å²) in [6.45, 7) is -9.20. The molecule has 0 radical (unpaired) electrons. The van der Waals surface area contributed by atoms with Crippen LogP contribution in [0.5, 0.6) is 0 Å². The molecule has 0 bridgehead atoms. The number of morpholine rings is 1. The third-order valence-electron chi connectivity index (χ3n) is 3.89. The Balaban J connectivity index is 2.21. The Bertz CT molecular complexity index is 870. The molecule has 0 amide bonds. The number of hydrogen-bond donors (Lipinski definition) is 0. The van der Waals surface area contributed by atoms with Crippen molar-refractivity contribution in [1.29, 1.82) is 0 Å². The highest BCUT2D eigenvalue weighted by molar-refractivity contribution is 6.62. The molecule has 0 saturated carbocycles. The fourth-order valence-corrected chi connectivity index (χ4v) is 1.95. The van der Waals surface area contributed by atoms with E-state index in [0.717, 1.165) is 6.07 Å². The van der Waals surface area contributed by atoms with Crippen LogP contribution in [0.1, 0.15) is 48.5 Å². The predicted octanol–water partition coefficient (Wildman–Crippen LogP) is 1.72. The molecule has 0 aliphatic carbocycles. The standard InChI is InChI=1S/C15H24BNO4/c1-11-12(16-20-14(2,3)15(4,5)21-16)10-13(19-11)17-6-8-18-9-7-17/h10H,6-9H2,1-5H3/i1D3,6D2,7D2,8D2,9D2. The summed E-state index contributed by atoms with van der Waals surface area (Å²) < 4.78 is 109. The lowest BCUT2D eigenvalue weighted by Gasteiger charge is -2.32. The molecule has 0 atom stereocenters. The van der Waals surface area contributed by atoms with Gasteiger partial charge in [0.25, 0.3) is 0 Å². The van der Waals surface area contributed by atoms with E-state index < -0.39 is 62.9 Å². The zero-order chi connectivity index (χ0) is 24.9. The predicted molar refractivity (Wildman–Crippen MR) is 82.2 cm³/mol. The molecule has 6 heteroatoms. The summed E-state index contributed by atoms with van der Waals surface area (Å²) in [6.07, 6.45) is 0. The van der Waals surface area contributed by atoms with Crippen LogP contribution in [0.4, 0.5) is 5.88 Å². The molecule has 1 aromatic rings. The van der Waals surface area contributed by atoms with Crippen molar-refractivity contribution in [3.05, 3.63) is 11.8 Å². The van der Waals surface area contributed by atoms with Gasteiger partial charge in [-0.1, -0.05) is 0 Å². The van der Waals surface area contributed by atoms with Gasteiger partial charge in [-0.2, -0.15) is 0 Å². The molecule has 3 rings (SSSR count). The van der Waals surface area contributed by atoms with E-state index in [2.05, 4.69) is 4.74 Å². The van der Waals surface area contributed by atoms with Gasteiger partial charge < -0.3 is 23.4 Å². The maximum absolute atomic E-state index is 8.15. The van der Waals surface area contributed by atoms with Crippen LogP contribution in [0, 0.1) is 6.85 Å². The van der Waals surface area contributed by atoms with Crippen LogP contribution in [0.2, 0.25) is 0 Å². The molecule has 2 saturated heterocycles. The van der Waals surface area contributed by atoms with Gasteiger partial charge >= 0.3 is 7.12 Å². The van der Waals surface area contributed by atoms with Crippen LogP contribution in [-0.2, 0) is 14.0 Å². The highest BCUT2D eigenvalue weighted by atomic mass is 16.7. The van der Waals surface area contributed by atoms with E-state index in [4.69, 9.17) is 28.8 Å². The minimum atomic E-state index is -3.32. The van der Waals surface area contributed by atoms with Gasteiger partial charge in [-0.05, 0) is 34.5 Å². The van der Waals surface area contributed by atoms with Gasteiger partial charge in [0.05, 0.1) is 35.3 Å². The first-order valence-electron chi connectivity index (χ1n) is 12.0. The molecule has 2 aliphatic heterocycles. The van der Waals surface area contributed by atoms with Crippen molar-refractivity contribution in [2.45, 2.75) is 45.7 Å². The lowest BCUT2D eigenvalue weighted by atomic mass is 9.79. The first kappa shape index (κ1) is 6.65. The van der Waals surface area contributed by atoms with Crippen molar-refractivity contribution in [1.82, 2.24) is 0 Å². The van der Waals surface area contributed by atoms with E-state index in [-0.39, 0.29) is 10.4 Å². The second-order valence-electron chi connectivity index (χ2n) is 5.82. The molecule has 5 nitrogen and oxygen atoms in total.